The van der Waals surface area contributed by atoms with Gasteiger partial charge in [0.1, 0.15) is 5.82 Å². The molecule has 1 nitrogen and oxygen atoms in total. The molecule has 0 spiro atoms. The first kappa shape index (κ1) is 13.9. The molecule has 0 aliphatic heterocycles. The van der Waals surface area contributed by atoms with Crippen LogP contribution in [0.25, 0.3) is 0 Å². The van der Waals surface area contributed by atoms with Gasteiger partial charge in [0.05, 0.1) is 0 Å². The van der Waals surface area contributed by atoms with E-state index >= 15 is 0 Å². The van der Waals surface area contributed by atoms with Crippen molar-refractivity contribution in [2.45, 2.75) is 43.5 Å². The molecular formula is C15H22FNS. The molecule has 0 amide bonds. The van der Waals surface area contributed by atoms with E-state index in [1.54, 1.807) is 23.9 Å². The number of nitrogens with one attached hydrogen (secondary N) is 1. The summed E-state index contributed by atoms with van der Waals surface area (Å²) in [4.78, 5) is 1.03. The van der Waals surface area contributed by atoms with Gasteiger partial charge in [0.15, 0.2) is 0 Å². The molecule has 1 N–H and O–H groups in total. The van der Waals surface area contributed by atoms with Crippen LogP contribution in [-0.4, -0.2) is 18.3 Å². The van der Waals surface area contributed by atoms with Gasteiger partial charge in [0, 0.05) is 16.7 Å². The first-order valence-corrected chi connectivity index (χ1v) is 7.88. The minimum absolute atomic E-state index is 0.140. The number of benzene rings is 1. The fraction of sp³-hybridized carbons (Fsp3) is 0.600. The van der Waals surface area contributed by atoms with Crippen LogP contribution >= 0.6 is 11.8 Å². The molecule has 0 aromatic heterocycles. The van der Waals surface area contributed by atoms with Crippen LogP contribution < -0.4 is 5.32 Å². The normalized spacial score (nSPS) is 17.4. The average molecular weight is 267 g/mol. The van der Waals surface area contributed by atoms with Crippen LogP contribution in [0, 0.1) is 11.7 Å². The molecule has 0 radical (unpaired) electrons. The lowest BCUT2D eigenvalue weighted by Gasteiger charge is -2.30. The molecule has 1 aromatic rings. The summed E-state index contributed by atoms with van der Waals surface area (Å²) in [5, 5.41) is 3.55. The van der Waals surface area contributed by atoms with Gasteiger partial charge in [-0.1, -0.05) is 32.3 Å². The predicted octanol–water partition coefficient (Wildman–Crippen LogP) is 4.09. The van der Waals surface area contributed by atoms with E-state index in [-0.39, 0.29) is 5.82 Å². The Morgan fingerprint density at radius 2 is 2.28 bits per heavy atom. The van der Waals surface area contributed by atoms with Gasteiger partial charge >= 0.3 is 0 Å². The van der Waals surface area contributed by atoms with Crippen LogP contribution in [0.1, 0.15) is 32.6 Å². The molecule has 0 saturated heterocycles. The molecular weight excluding hydrogens is 245 g/mol. The monoisotopic (exact) mass is 267 g/mol. The van der Waals surface area contributed by atoms with Crippen molar-refractivity contribution >= 4 is 11.8 Å². The maximum Gasteiger partial charge on any atom is 0.124 e. The van der Waals surface area contributed by atoms with Crippen molar-refractivity contribution in [1.82, 2.24) is 5.32 Å². The molecule has 0 heterocycles. The fourth-order valence-electron chi connectivity index (χ4n) is 2.38. The highest BCUT2D eigenvalue weighted by molar-refractivity contribution is 7.99. The first-order valence-electron chi connectivity index (χ1n) is 6.89. The van der Waals surface area contributed by atoms with Crippen molar-refractivity contribution in [2.75, 3.05) is 12.3 Å². The summed E-state index contributed by atoms with van der Waals surface area (Å²) in [5.41, 5.74) is 0. The largest absolute Gasteiger partial charge is 0.313 e. The number of hydrogen-bond donors (Lipinski definition) is 1. The number of hydrogen-bond acceptors (Lipinski definition) is 2. The second kappa shape index (κ2) is 7.15. The average Bonchev–Trinajstić information content (AvgIpc) is 2.30. The van der Waals surface area contributed by atoms with Crippen LogP contribution in [0.2, 0.25) is 0 Å². The van der Waals surface area contributed by atoms with Gasteiger partial charge < -0.3 is 5.32 Å². The van der Waals surface area contributed by atoms with E-state index in [9.17, 15) is 4.39 Å². The Hall–Kier alpha value is -0.540. The van der Waals surface area contributed by atoms with E-state index < -0.39 is 0 Å². The predicted molar refractivity (Wildman–Crippen MR) is 76.5 cm³/mol. The maximum absolute atomic E-state index is 13.1. The molecule has 1 aliphatic rings. The summed E-state index contributed by atoms with van der Waals surface area (Å²) in [7, 11) is 0. The van der Waals surface area contributed by atoms with Gasteiger partial charge in [-0.15, -0.1) is 11.8 Å². The fourth-order valence-corrected chi connectivity index (χ4v) is 3.40. The van der Waals surface area contributed by atoms with Gasteiger partial charge in [-0.2, -0.15) is 0 Å². The van der Waals surface area contributed by atoms with Crippen molar-refractivity contribution in [3.8, 4) is 0 Å². The van der Waals surface area contributed by atoms with Crippen LogP contribution in [0.5, 0.6) is 0 Å². The van der Waals surface area contributed by atoms with Gasteiger partial charge in [-0.25, -0.2) is 4.39 Å². The molecule has 1 saturated carbocycles. The minimum Gasteiger partial charge on any atom is -0.313 e. The highest BCUT2D eigenvalue weighted by atomic mass is 32.2. The molecule has 1 aromatic carbocycles. The summed E-state index contributed by atoms with van der Waals surface area (Å²) < 4.78 is 13.1. The Bertz CT molecular complexity index is 365. The minimum atomic E-state index is -0.140. The van der Waals surface area contributed by atoms with Crippen LogP contribution in [-0.2, 0) is 0 Å². The van der Waals surface area contributed by atoms with Crippen LogP contribution in [0.4, 0.5) is 4.39 Å². The zero-order valence-corrected chi connectivity index (χ0v) is 11.8. The second-order valence-corrected chi connectivity index (χ2v) is 6.15. The van der Waals surface area contributed by atoms with E-state index in [0.29, 0.717) is 6.04 Å². The van der Waals surface area contributed by atoms with Crippen molar-refractivity contribution in [1.29, 1.82) is 0 Å². The standard InChI is InChI=1S/C15H22FNS/c1-2-17-14(9-12-5-3-6-12)11-18-15-8-4-7-13(16)10-15/h4,7-8,10,12,14,17H,2-3,5-6,9,11H2,1H3. The molecule has 2 rings (SSSR count). The van der Waals surface area contributed by atoms with Crippen molar-refractivity contribution < 1.29 is 4.39 Å². The zero-order valence-electron chi connectivity index (χ0n) is 11.0. The third-order valence-electron chi connectivity index (χ3n) is 3.58. The highest BCUT2D eigenvalue weighted by Gasteiger charge is 2.21. The third-order valence-corrected chi connectivity index (χ3v) is 4.74. The Balaban J connectivity index is 1.80. The number of thioether (sulfide) groups is 1. The van der Waals surface area contributed by atoms with E-state index in [4.69, 9.17) is 0 Å². The Morgan fingerprint density at radius 3 is 2.89 bits per heavy atom. The SMILES string of the molecule is CCNC(CSc1cccc(F)c1)CC1CCC1. The molecule has 1 fully saturated rings. The van der Waals surface area contributed by atoms with E-state index in [0.717, 1.165) is 23.1 Å². The van der Waals surface area contributed by atoms with E-state index in [1.165, 1.54) is 31.7 Å². The first-order chi connectivity index (χ1) is 8.78. The molecule has 100 valence electrons. The van der Waals surface area contributed by atoms with Gasteiger partial charge in [0.2, 0.25) is 0 Å². The number of rotatable bonds is 7. The lowest BCUT2D eigenvalue weighted by molar-refractivity contribution is 0.269. The molecule has 3 heteroatoms. The van der Waals surface area contributed by atoms with Crippen molar-refractivity contribution in [3.63, 3.8) is 0 Å². The molecule has 18 heavy (non-hydrogen) atoms. The van der Waals surface area contributed by atoms with Crippen LogP contribution in [0.15, 0.2) is 29.2 Å². The van der Waals surface area contributed by atoms with Crippen molar-refractivity contribution in [3.05, 3.63) is 30.1 Å². The Labute approximate surface area is 114 Å². The van der Waals surface area contributed by atoms with Gasteiger partial charge in [-0.05, 0) is 37.1 Å². The summed E-state index contributed by atoms with van der Waals surface area (Å²) in [5.74, 6) is 1.81. The quantitative estimate of drug-likeness (QED) is 0.747. The summed E-state index contributed by atoms with van der Waals surface area (Å²) in [6.07, 6.45) is 5.47. The maximum atomic E-state index is 13.1. The zero-order chi connectivity index (χ0) is 12.8. The topological polar surface area (TPSA) is 12.0 Å². The molecule has 0 bridgehead atoms. The molecule has 1 atom stereocenters. The summed E-state index contributed by atoms with van der Waals surface area (Å²) in [6, 6.07) is 7.46. The Kier molecular flexibility index (Phi) is 5.51. The van der Waals surface area contributed by atoms with E-state index in [1.807, 2.05) is 6.07 Å². The lowest BCUT2D eigenvalue weighted by atomic mass is 9.81. The Morgan fingerprint density at radius 1 is 1.44 bits per heavy atom. The van der Waals surface area contributed by atoms with Gasteiger partial charge in [-0.3, -0.25) is 0 Å². The van der Waals surface area contributed by atoms with E-state index in [2.05, 4.69) is 12.2 Å². The molecule has 1 aliphatic carbocycles. The highest BCUT2D eigenvalue weighted by Crippen LogP contribution is 2.31. The van der Waals surface area contributed by atoms with Crippen LogP contribution in [0.3, 0.4) is 0 Å². The van der Waals surface area contributed by atoms with Gasteiger partial charge in [0.25, 0.3) is 0 Å². The molecule has 1 unspecified atom stereocenters. The van der Waals surface area contributed by atoms with Crippen molar-refractivity contribution in [2.24, 2.45) is 5.92 Å². The second-order valence-electron chi connectivity index (χ2n) is 5.06. The summed E-state index contributed by atoms with van der Waals surface area (Å²) in [6.45, 7) is 3.17. The summed E-state index contributed by atoms with van der Waals surface area (Å²) >= 11 is 1.76. The number of halogens is 1. The lowest BCUT2D eigenvalue weighted by Crippen LogP contribution is -2.34. The third kappa shape index (κ3) is 4.29. The smallest absolute Gasteiger partial charge is 0.124 e.